The number of carbonyl (C=O) groups excluding carboxylic acids is 1. The van der Waals surface area contributed by atoms with Crippen molar-refractivity contribution in [2.75, 3.05) is 50.6 Å². The van der Waals surface area contributed by atoms with Crippen molar-refractivity contribution in [3.05, 3.63) is 59.6 Å². The number of nitrogens with one attached hydrogen (secondary N) is 2. The summed E-state index contributed by atoms with van der Waals surface area (Å²) in [4.78, 5) is 28.6. The average Bonchev–Trinajstić information content (AvgIpc) is 3.38. The van der Waals surface area contributed by atoms with Crippen LogP contribution in [0, 0.1) is 5.82 Å². The summed E-state index contributed by atoms with van der Waals surface area (Å²) in [7, 11) is 1.58. The number of thiazole rings is 1. The number of ether oxygens (including phenoxy) is 2. The summed E-state index contributed by atoms with van der Waals surface area (Å²) in [6.45, 7) is 5.48. The van der Waals surface area contributed by atoms with Crippen molar-refractivity contribution in [3.63, 3.8) is 0 Å². The third-order valence-electron chi connectivity index (χ3n) is 6.10. The van der Waals surface area contributed by atoms with Crippen LogP contribution in [0.5, 0.6) is 11.5 Å². The predicted octanol–water partition coefficient (Wildman–Crippen LogP) is 4.63. The lowest BCUT2D eigenvalue weighted by molar-refractivity contribution is -0.115. The van der Waals surface area contributed by atoms with E-state index in [0.717, 1.165) is 42.7 Å². The first-order valence-electron chi connectivity index (χ1n) is 13.0. The van der Waals surface area contributed by atoms with E-state index in [9.17, 15) is 9.18 Å². The molecule has 0 aliphatic rings. The summed E-state index contributed by atoms with van der Waals surface area (Å²) in [6, 6.07) is 9.41. The number of nitrogens with zero attached hydrogens (tertiary/aromatic N) is 4. The van der Waals surface area contributed by atoms with Crippen molar-refractivity contribution >= 4 is 44.8 Å². The van der Waals surface area contributed by atoms with Crippen LogP contribution in [0.4, 0.5) is 21.0 Å². The second-order valence-electron chi connectivity index (χ2n) is 8.95. The Morgan fingerprint density at radius 1 is 1.12 bits per heavy atom. The molecule has 212 valence electrons. The van der Waals surface area contributed by atoms with Gasteiger partial charge in [-0.05, 0) is 43.7 Å². The van der Waals surface area contributed by atoms with Gasteiger partial charge in [0.15, 0.2) is 16.6 Å². The van der Waals surface area contributed by atoms with Crippen LogP contribution in [0.25, 0.3) is 10.9 Å². The minimum absolute atomic E-state index is 0.104. The molecule has 0 fully saturated rings. The van der Waals surface area contributed by atoms with E-state index in [2.05, 4.69) is 37.4 Å². The Kier molecular flexibility index (Phi) is 10.6. The number of benzene rings is 2. The molecule has 0 aliphatic carbocycles. The molecule has 3 N–H and O–H groups in total. The minimum atomic E-state index is -0.414. The van der Waals surface area contributed by atoms with Gasteiger partial charge in [0.25, 0.3) is 0 Å². The fourth-order valence-corrected chi connectivity index (χ4v) is 4.92. The number of hydrogen-bond donors (Lipinski definition) is 3. The van der Waals surface area contributed by atoms with Gasteiger partial charge in [-0.15, -0.1) is 11.3 Å². The number of aliphatic hydroxyl groups is 1. The smallest absolute Gasteiger partial charge is 0.229 e. The largest absolute Gasteiger partial charge is 0.493 e. The van der Waals surface area contributed by atoms with Gasteiger partial charge in [0.2, 0.25) is 5.91 Å². The van der Waals surface area contributed by atoms with E-state index in [1.165, 1.54) is 35.9 Å². The molecule has 0 spiro atoms. The fourth-order valence-electron chi connectivity index (χ4n) is 4.11. The van der Waals surface area contributed by atoms with Gasteiger partial charge in [-0.1, -0.05) is 13.0 Å². The molecule has 0 atom stereocenters. The van der Waals surface area contributed by atoms with Gasteiger partial charge in [0, 0.05) is 47.9 Å². The maximum Gasteiger partial charge on any atom is 0.229 e. The molecule has 4 aromatic rings. The molecule has 2 aromatic heterocycles. The predicted molar refractivity (Wildman–Crippen MR) is 154 cm³/mol. The number of rotatable bonds is 15. The summed E-state index contributed by atoms with van der Waals surface area (Å²) in [5, 5.41) is 16.2. The zero-order chi connectivity index (χ0) is 28.3. The van der Waals surface area contributed by atoms with Crippen molar-refractivity contribution in [2.24, 2.45) is 0 Å². The monoisotopic (exact) mass is 568 g/mol. The van der Waals surface area contributed by atoms with Crippen molar-refractivity contribution in [1.29, 1.82) is 0 Å². The SMILES string of the molecule is CCN(CCCO)CCCOc1cc2ncnc(Nc3ncc(CC(=O)Nc4cccc(F)c4)s3)c2cc1OC. The summed E-state index contributed by atoms with van der Waals surface area (Å²) < 4.78 is 25.0. The lowest BCUT2D eigenvalue weighted by Gasteiger charge is -2.20. The van der Waals surface area contributed by atoms with Crippen molar-refractivity contribution in [2.45, 2.75) is 26.2 Å². The molecule has 0 aliphatic heterocycles. The molecule has 0 bridgehead atoms. The quantitative estimate of drug-likeness (QED) is 0.176. The molecule has 10 nitrogen and oxygen atoms in total. The van der Waals surface area contributed by atoms with E-state index in [-0.39, 0.29) is 18.9 Å². The Morgan fingerprint density at radius 2 is 1.98 bits per heavy atom. The second kappa shape index (κ2) is 14.5. The van der Waals surface area contributed by atoms with Gasteiger partial charge in [0.05, 0.1) is 25.7 Å². The summed E-state index contributed by atoms with van der Waals surface area (Å²) in [5.74, 6) is 1.02. The molecule has 0 saturated carbocycles. The maximum absolute atomic E-state index is 13.4. The van der Waals surface area contributed by atoms with E-state index < -0.39 is 5.82 Å². The van der Waals surface area contributed by atoms with Gasteiger partial charge in [-0.2, -0.15) is 0 Å². The van der Waals surface area contributed by atoms with E-state index in [0.29, 0.717) is 40.3 Å². The first kappa shape index (κ1) is 29.1. The van der Waals surface area contributed by atoms with E-state index >= 15 is 0 Å². The topological polar surface area (TPSA) is 122 Å². The average molecular weight is 569 g/mol. The lowest BCUT2D eigenvalue weighted by atomic mass is 10.2. The number of aromatic nitrogens is 3. The van der Waals surface area contributed by atoms with E-state index in [1.54, 1.807) is 19.4 Å². The number of hydrogen-bond acceptors (Lipinski definition) is 10. The normalized spacial score (nSPS) is 11.1. The molecule has 0 saturated heterocycles. The molecule has 4 rings (SSSR count). The van der Waals surface area contributed by atoms with Crippen LogP contribution in [0.1, 0.15) is 24.6 Å². The Morgan fingerprint density at radius 3 is 2.75 bits per heavy atom. The van der Waals surface area contributed by atoms with Crippen LogP contribution in [0.3, 0.4) is 0 Å². The van der Waals surface area contributed by atoms with Crippen LogP contribution in [0.15, 0.2) is 48.9 Å². The highest BCUT2D eigenvalue weighted by molar-refractivity contribution is 7.15. The molecule has 1 amide bonds. The first-order valence-corrected chi connectivity index (χ1v) is 13.9. The number of fused-ring (bicyclic) bond motifs is 1. The first-order chi connectivity index (χ1) is 19.5. The Balaban J connectivity index is 1.39. The molecule has 12 heteroatoms. The number of methoxy groups -OCH3 is 1. The third-order valence-corrected chi connectivity index (χ3v) is 7.01. The second-order valence-corrected chi connectivity index (χ2v) is 10.1. The van der Waals surface area contributed by atoms with Crippen LogP contribution < -0.4 is 20.1 Å². The number of anilines is 3. The molecular formula is C28H33FN6O4S. The van der Waals surface area contributed by atoms with Crippen molar-refractivity contribution in [1.82, 2.24) is 19.9 Å². The Labute approximate surface area is 236 Å². The molecule has 0 radical (unpaired) electrons. The van der Waals surface area contributed by atoms with Gasteiger partial charge >= 0.3 is 0 Å². The number of halogens is 1. The summed E-state index contributed by atoms with van der Waals surface area (Å²) in [5.41, 5.74) is 1.08. The molecule has 2 aromatic carbocycles. The van der Waals surface area contributed by atoms with Crippen LogP contribution in [-0.2, 0) is 11.2 Å². The molecule has 0 unspecified atom stereocenters. The molecule has 40 heavy (non-hydrogen) atoms. The highest BCUT2D eigenvalue weighted by Gasteiger charge is 2.14. The van der Waals surface area contributed by atoms with E-state index in [1.807, 2.05) is 12.1 Å². The van der Waals surface area contributed by atoms with Crippen LogP contribution in [0.2, 0.25) is 0 Å². The summed E-state index contributed by atoms with van der Waals surface area (Å²) in [6.07, 6.45) is 4.78. The summed E-state index contributed by atoms with van der Waals surface area (Å²) >= 11 is 1.32. The highest BCUT2D eigenvalue weighted by Crippen LogP contribution is 2.35. The van der Waals surface area contributed by atoms with Gasteiger partial charge in [-0.3, -0.25) is 4.79 Å². The lowest BCUT2D eigenvalue weighted by Crippen LogP contribution is -2.27. The Hall–Kier alpha value is -3.87. The standard InChI is InChI=1S/C28H33FN6O4S/c1-3-35(9-5-11-36)10-6-12-39-25-16-23-22(15-24(25)38-2)27(32-18-31-23)34-28-30-17-21(40-28)14-26(37)33-20-8-4-7-19(29)13-20/h4,7-8,13,15-18,36H,3,5-6,9-12,14H2,1-2H3,(H,33,37)(H,30,31,32,34). The van der Waals surface area contributed by atoms with Crippen molar-refractivity contribution < 1.29 is 23.8 Å². The molecular weight excluding hydrogens is 535 g/mol. The van der Waals surface area contributed by atoms with Gasteiger partial charge in [0.1, 0.15) is 18.0 Å². The van der Waals surface area contributed by atoms with Crippen molar-refractivity contribution in [3.8, 4) is 11.5 Å². The van der Waals surface area contributed by atoms with Gasteiger partial charge < -0.3 is 30.1 Å². The van der Waals surface area contributed by atoms with Crippen LogP contribution >= 0.6 is 11.3 Å². The van der Waals surface area contributed by atoms with Gasteiger partial charge in [-0.25, -0.2) is 19.3 Å². The zero-order valence-corrected chi connectivity index (χ0v) is 23.3. The fraction of sp³-hybridized carbons (Fsp3) is 0.357. The number of amides is 1. The number of carbonyl (C=O) groups is 1. The molecule has 2 heterocycles. The highest BCUT2D eigenvalue weighted by atomic mass is 32.1. The number of aliphatic hydroxyl groups excluding tert-OH is 1. The minimum Gasteiger partial charge on any atom is -0.493 e. The third kappa shape index (κ3) is 8.07. The zero-order valence-electron chi connectivity index (χ0n) is 22.5. The maximum atomic E-state index is 13.4. The van der Waals surface area contributed by atoms with Crippen LogP contribution in [-0.4, -0.2) is 70.8 Å². The van der Waals surface area contributed by atoms with E-state index in [4.69, 9.17) is 14.6 Å². The Bertz CT molecular complexity index is 1420.